The summed E-state index contributed by atoms with van der Waals surface area (Å²) in [5, 5.41) is 10.1. The van der Waals surface area contributed by atoms with Crippen molar-refractivity contribution >= 4 is 11.6 Å². The normalized spacial score (nSPS) is 10.4. The van der Waals surface area contributed by atoms with Gasteiger partial charge in [-0.2, -0.15) is 0 Å². The number of rotatable bonds is 2. The maximum absolute atomic E-state index is 9.46. The van der Waals surface area contributed by atoms with Gasteiger partial charge in [-0.1, -0.05) is 23.7 Å². The van der Waals surface area contributed by atoms with Gasteiger partial charge in [0, 0.05) is 22.7 Å². The number of hydrogen-bond donors (Lipinski definition) is 2. The van der Waals surface area contributed by atoms with Gasteiger partial charge in [-0.05, 0) is 18.2 Å². The van der Waals surface area contributed by atoms with E-state index in [2.05, 4.69) is 4.98 Å². The fourth-order valence-electron chi connectivity index (χ4n) is 1.43. The molecule has 0 fully saturated rings. The van der Waals surface area contributed by atoms with Gasteiger partial charge in [0.25, 0.3) is 0 Å². The third kappa shape index (κ3) is 2.15. The molecule has 2 rings (SSSR count). The van der Waals surface area contributed by atoms with E-state index in [0.717, 1.165) is 11.3 Å². The summed E-state index contributed by atoms with van der Waals surface area (Å²) in [4.78, 5) is 4.14. The second-order valence-electron chi connectivity index (χ2n) is 3.41. The molecule has 16 heavy (non-hydrogen) atoms. The molecule has 82 valence electrons. The molecule has 2 aromatic rings. The molecule has 3 N–H and O–H groups in total. The van der Waals surface area contributed by atoms with Crippen LogP contribution < -0.4 is 5.73 Å². The Labute approximate surface area is 98.5 Å². The van der Waals surface area contributed by atoms with Crippen LogP contribution in [0, 0.1) is 0 Å². The van der Waals surface area contributed by atoms with Crippen LogP contribution in [0.15, 0.2) is 36.5 Å². The first-order chi connectivity index (χ1) is 7.70. The minimum absolute atomic E-state index is 0.125. The Balaban J connectivity index is 2.44. The number of pyridine rings is 1. The van der Waals surface area contributed by atoms with Crippen LogP contribution in [0.3, 0.4) is 0 Å². The van der Waals surface area contributed by atoms with Crippen molar-refractivity contribution in [3.05, 3.63) is 47.1 Å². The van der Waals surface area contributed by atoms with Crippen molar-refractivity contribution in [2.24, 2.45) is 5.73 Å². The highest BCUT2D eigenvalue weighted by molar-refractivity contribution is 6.30. The van der Waals surface area contributed by atoms with Crippen LogP contribution in [0.2, 0.25) is 5.02 Å². The number of hydrogen-bond acceptors (Lipinski definition) is 3. The van der Waals surface area contributed by atoms with E-state index in [9.17, 15) is 5.11 Å². The monoisotopic (exact) mass is 234 g/mol. The molecular weight excluding hydrogens is 224 g/mol. The number of nitrogens with two attached hydrogens (primary N) is 1. The number of aromatic nitrogens is 1. The van der Waals surface area contributed by atoms with Gasteiger partial charge in [0.05, 0.1) is 11.9 Å². The summed E-state index contributed by atoms with van der Waals surface area (Å²) in [6.07, 6.45) is 1.41. The van der Waals surface area contributed by atoms with Crippen LogP contribution in [0.5, 0.6) is 5.75 Å². The van der Waals surface area contributed by atoms with E-state index in [1.807, 2.05) is 12.1 Å². The van der Waals surface area contributed by atoms with Gasteiger partial charge in [-0.15, -0.1) is 0 Å². The number of benzene rings is 1. The molecule has 0 aliphatic rings. The predicted octanol–water partition coefficient (Wildman–Crippen LogP) is 2.57. The van der Waals surface area contributed by atoms with E-state index in [0.29, 0.717) is 10.6 Å². The maximum Gasteiger partial charge on any atom is 0.138 e. The molecule has 0 atom stereocenters. The van der Waals surface area contributed by atoms with Crippen LogP contribution in [-0.2, 0) is 6.54 Å². The van der Waals surface area contributed by atoms with Crippen molar-refractivity contribution in [2.45, 2.75) is 6.54 Å². The van der Waals surface area contributed by atoms with Crippen molar-refractivity contribution in [1.29, 1.82) is 0 Å². The molecule has 0 radical (unpaired) electrons. The van der Waals surface area contributed by atoms with Crippen molar-refractivity contribution in [2.75, 3.05) is 0 Å². The highest BCUT2D eigenvalue weighted by atomic mass is 35.5. The number of aromatic hydroxyl groups is 1. The lowest BCUT2D eigenvalue weighted by Crippen LogP contribution is -1.98. The van der Waals surface area contributed by atoms with Crippen LogP contribution in [0.4, 0.5) is 0 Å². The van der Waals surface area contributed by atoms with Gasteiger partial charge in [0.1, 0.15) is 5.75 Å². The van der Waals surface area contributed by atoms with E-state index in [1.165, 1.54) is 6.20 Å². The Kier molecular flexibility index (Phi) is 3.08. The van der Waals surface area contributed by atoms with Crippen LogP contribution >= 0.6 is 11.6 Å². The highest BCUT2D eigenvalue weighted by Crippen LogP contribution is 2.24. The van der Waals surface area contributed by atoms with Crippen molar-refractivity contribution < 1.29 is 5.11 Å². The Hall–Kier alpha value is -1.58. The first-order valence-electron chi connectivity index (χ1n) is 4.84. The summed E-state index contributed by atoms with van der Waals surface area (Å²) >= 11 is 5.80. The average molecular weight is 235 g/mol. The van der Waals surface area contributed by atoms with Gasteiger partial charge in [0.15, 0.2) is 0 Å². The minimum Gasteiger partial charge on any atom is -0.506 e. The summed E-state index contributed by atoms with van der Waals surface area (Å²) in [6, 6.07) is 9.13. The molecule has 4 heteroatoms. The average Bonchev–Trinajstić information content (AvgIpc) is 2.31. The summed E-state index contributed by atoms with van der Waals surface area (Å²) in [7, 11) is 0. The van der Waals surface area contributed by atoms with E-state index in [4.69, 9.17) is 17.3 Å². The summed E-state index contributed by atoms with van der Waals surface area (Å²) in [5.41, 5.74) is 7.91. The zero-order valence-corrected chi connectivity index (χ0v) is 9.28. The molecule has 0 spiro atoms. The fraction of sp³-hybridized carbons (Fsp3) is 0.0833. The molecule has 0 aliphatic heterocycles. The van der Waals surface area contributed by atoms with Gasteiger partial charge >= 0.3 is 0 Å². The molecule has 0 amide bonds. The molecule has 1 heterocycles. The van der Waals surface area contributed by atoms with Crippen molar-refractivity contribution in [1.82, 2.24) is 4.98 Å². The summed E-state index contributed by atoms with van der Waals surface area (Å²) in [6.45, 7) is 0.287. The van der Waals surface area contributed by atoms with E-state index >= 15 is 0 Å². The van der Waals surface area contributed by atoms with Gasteiger partial charge in [-0.25, -0.2) is 0 Å². The molecule has 0 saturated carbocycles. The molecule has 0 unspecified atom stereocenters. The molecule has 3 nitrogen and oxygen atoms in total. The lowest BCUT2D eigenvalue weighted by atomic mass is 10.1. The SMILES string of the molecule is NCc1cc(-c2ccc(Cl)cc2)ncc1O. The topological polar surface area (TPSA) is 59.1 Å². The van der Waals surface area contributed by atoms with E-state index < -0.39 is 0 Å². The van der Waals surface area contributed by atoms with Gasteiger partial charge < -0.3 is 10.8 Å². The molecule has 0 aliphatic carbocycles. The van der Waals surface area contributed by atoms with Gasteiger partial charge in [-0.3, -0.25) is 4.98 Å². The van der Waals surface area contributed by atoms with Gasteiger partial charge in [0.2, 0.25) is 0 Å². The van der Waals surface area contributed by atoms with E-state index in [1.54, 1.807) is 18.2 Å². The number of nitrogens with zero attached hydrogens (tertiary/aromatic N) is 1. The smallest absolute Gasteiger partial charge is 0.138 e. The molecule has 0 bridgehead atoms. The molecule has 1 aromatic carbocycles. The second-order valence-corrected chi connectivity index (χ2v) is 3.85. The molecular formula is C12H11ClN2O. The minimum atomic E-state index is 0.125. The zero-order valence-electron chi connectivity index (χ0n) is 8.52. The second kappa shape index (κ2) is 4.51. The lowest BCUT2D eigenvalue weighted by Gasteiger charge is -2.05. The van der Waals surface area contributed by atoms with Crippen molar-refractivity contribution in [3.63, 3.8) is 0 Å². The van der Waals surface area contributed by atoms with E-state index in [-0.39, 0.29) is 12.3 Å². The first kappa shape index (κ1) is 10.9. The third-order valence-corrected chi connectivity index (χ3v) is 2.58. The van der Waals surface area contributed by atoms with Crippen LogP contribution in [0.25, 0.3) is 11.3 Å². The van der Waals surface area contributed by atoms with Crippen LogP contribution in [0.1, 0.15) is 5.56 Å². The Morgan fingerprint density at radius 2 is 1.94 bits per heavy atom. The predicted molar refractivity (Wildman–Crippen MR) is 64.2 cm³/mol. The Morgan fingerprint density at radius 1 is 1.25 bits per heavy atom. The Morgan fingerprint density at radius 3 is 2.56 bits per heavy atom. The molecule has 0 saturated heterocycles. The first-order valence-corrected chi connectivity index (χ1v) is 5.22. The molecule has 1 aromatic heterocycles. The van der Waals surface area contributed by atoms with Crippen LogP contribution in [-0.4, -0.2) is 10.1 Å². The highest BCUT2D eigenvalue weighted by Gasteiger charge is 2.04. The quantitative estimate of drug-likeness (QED) is 0.840. The Bertz CT molecular complexity index is 497. The summed E-state index contributed by atoms with van der Waals surface area (Å²) in [5.74, 6) is 0.125. The standard InChI is InChI=1S/C12H11ClN2O/c13-10-3-1-8(2-4-10)11-5-9(6-14)12(16)7-15-11/h1-5,7,16H,6,14H2. The van der Waals surface area contributed by atoms with Crippen molar-refractivity contribution in [3.8, 4) is 17.0 Å². The fourth-order valence-corrected chi connectivity index (χ4v) is 1.56. The largest absolute Gasteiger partial charge is 0.506 e. The maximum atomic E-state index is 9.46. The lowest BCUT2D eigenvalue weighted by molar-refractivity contribution is 0.466. The zero-order chi connectivity index (χ0) is 11.5. The third-order valence-electron chi connectivity index (χ3n) is 2.33. The summed E-state index contributed by atoms with van der Waals surface area (Å²) < 4.78 is 0. The number of halogens is 1.